The van der Waals surface area contributed by atoms with Gasteiger partial charge in [-0.25, -0.2) is 4.39 Å². The molecular formula is C18H15FSi. The standard InChI is InChI=1S/C18H15FSi/c19-15-8-7-13-18(14-15)20(16-9-3-1-4-10-16)17-11-5-2-6-12-17/h1-14,20H. The van der Waals surface area contributed by atoms with Crippen LogP contribution in [0.3, 0.4) is 0 Å². The maximum atomic E-state index is 13.6. The fourth-order valence-electron chi connectivity index (χ4n) is 2.55. The van der Waals surface area contributed by atoms with E-state index >= 15 is 0 Å². The molecule has 0 amide bonds. The molecular weight excluding hydrogens is 263 g/mol. The predicted molar refractivity (Wildman–Crippen MR) is 85.3 cm³/mol. The van der Waals surface area contributed by atoms with Crippen LogP contribution in [0.15, 0.2) is 84.9 Å². The third-order valence-corrected chi connectivity index (χ3v) is 6.58. The zero-order chi connectivity index (χ0) is 13.8. The summed E-state index contributed by atoms with van der Waals surface area (Å²) in [6.45, 7) is 0. The zero-order valence-corrected chi connectivity index (χ0v) is 12.2. The van der Waals surface area contributed by atoms with Crippen LogP contribution >= 0.6 is 0 Å². The minimum atomic E-state index is -1.58. The maximum Gasteiger partial charge on any atom is 0.133 e. The van der Waals surface area contributed by atoms with E-state index in [2.05, 4.69) is 48.5 Å². The SMILES string of the molecule is Fc1cccc([SiH](c2ccccc2)c2ccccc2)c1. The summed E-state index contributed by atoms with van der Waals surface area (Å²) in [7, 11) is -1.58. The van der Waals surface area contributed by atoms with Crippen LogP contribution in [-0.4, -0.2) is 8.80 Å². The summed E-state index contributed by atoms with van der Waals surface area (Å²) in [5.41, 5.74) is 0. The van der Waals surface area contributed by atoms with Crippen LogP contribution in [0.2, 0.25) is 0 Å². The molecule has 0 nitrogen and oxygen atoms in total. The Kier molecular flexibility index (Phi) is 3.75. The van der Waals surface area contributed by atoms with Crippen LogP contribution in [-0.2, 0) is 0 Å². The van der Waals surface area contributed by atoms with Gasteiger partial charge in [0.05, 0.1) is 0 Å². The van der Waals surface area contributed by atoms with Gasteiger partial charge < -0.3 is 0 Å². The van der Waals surface area contributed by atoms with Crippen LogP contribution in [0.5, 0.6) is 0 Å². The van der Waals surface area contributed by atoms with Crippen LogP contribution < -0.4 is 15.6 Å². The largest absolute Gasteiger partial charge is 0.207 e. The molecule has 0 heterocycles. The average Bonchev–Trinajstić information content (AvgIpc) is 2.50. The minimum absolute atomic E-state index is 0.160. The second-order valence-electron chi connectivity index (χ2n) is 4.81. The van der Waals surface area contributed by atoms with Crippen molar-refractivity contribution in [2.24, 2.45) is 0 Å². The molecule has 0 spiro atoms. The van der Waals surface area contributed by atoms with Crippen molar-refractivity contribution in [3.63, 3.8) is 0 Å². The monoisotopic (exact) mass is 278 g/mol. The fourth-order valence-corrected chi connectivity index (χ4v) is 5.55. The number of rotatable bonds is 3. The lowest BCUT2D eigenvalue weighted by Gasteiger charge is -2.17. The molecule has 0 aromatic heterocycles. The number of benzene rings is 3. The molecule has 3 rings (SSSR count). The van der Waals surface area contributed by atoms with Crippen molar-refractivity contribution in [1.29, 1.82) is 0 Å². The van der Waals surface area contributed by atoms with Crippen LogP contribution in [0.4, 0.5) is 4.39 Å². The second kappa shape index (κ2) is 5.84. The second-order valence-corrected chi connectivity index (χ2v) is 7.68. The predicted octanol–water partition coefficient (Wildman–Crippen LogP) is 2.07. The summed E-state index contributed by atoms with van der Waals surface area (Å²) in [5.74, 6) is -0.160. The highest BCUT2D eigenvalue weighted by molar-refractivity contribution is 6.95. The first-order valence-electron chi connectivity index (χ1n) is 6.70. The van der Waals surface area contributed by atoms with Crippen LogP contribution in [0.1, 0.15) is 0 Å². The van der Waals surface area contributed by atoms with Gasteiger partial charge in [-0.2, -0.15) is 0 Å². The number of hydrogen-bond donors (Lipinski definition) is 0. The molecule has 3 aromatic rings. The van der Waals surface area contributed by atoms with Crippen molar-refractivity contribution >= 4 is 24.4 Å². The lowest BCUT2D eigenvalue weighted by atomic mass is 10.3. The molecule has 3 aromatic carbocycles. The van der Waals surface area contributed by atoms with Crippen molar-refractivity contribution in [3.8, 4) is 0 Å². The van der Waals surface area contributed by atoms with Crippen molar-refractivity contribution < 1.29 is 4.39 Å². The lowest BCUT2D eigenvalue weighted by Crippen LogP contribution is -2.51. The highest BCUT2D eigenvalue weighted by Gasteiger charge is 2.18. The molecule has 20 heavy (non-hydrogen) atoms. The van der Waals surface area contributed by atoms with E-state index in [9.17, 15) is 4.39 Å². The molecule has 0 unspecified atom stereocenters. The highest BCUT2D eigenvalue weighted by atomic mass is 28.3. The Labute approximate surface area is 120 Å². The first kappa shape index (κ1) is 12.8. The van der Waals surface area contributed by atoms with Gasteiger partial charge in [0.2, 0.25) is 0 Å². The van der Waals surface area contributed by atoms with E-state index in [0.29, 0.717) is 0 Å². The van der Waals surface area contributed by atoms with Crippen LogP contribution in [0.25, 0.3) is 0 Å². The van der Waals surface area contributed by atoms with Gasteiger partial charge in [0, 0.05) is 0 Å². The summed E-state index contributed by atoms with van der Waals surface area (Å²) < 4.78 is 13.6. The summed E-state index contributed by atoms with van der Waals surface area (Å²) in [4.78, 5) is 0. The third kappa shape index (κ3) is 2.70. The molecule has 0 fully saturated rings. The average molecular weight is 278 g/mol. The molecule has 0 aliphatic carbocycles. The van der Waals surface area contributed by atoms with E-state index in [0.717, 1.165) is 5.19 Å². The van der Waals surface area contributed by atoms with Gasteiger partial charge in [0.1, 0.15) is 14.6 Å². The molecule has 0 aliphatic heterocycles. The maximum absolute atomic E-state index is 13.6. The minimum Gasteiger partial charge on any atom is -0.207 e. The Balaban J connectivity index is 2.14. The Bertz CT molecular complexity index is 641. The van der Waals surface area contributed by atoms with Gasteiger partial charge in [-0.15, -0.1) is 0 Å². The zero-order valence-electron chi connectivity index (χ0n) is 11.0. The Morgan fingerprint density at radius 3 is 1.55 bits per heavy atom. The Morgan fingerprint density at radius 2 is 1.05 bits per heavy atom. The summed E-state index contributed by atoms with van der Waals surface area (Å²) in [6.07, 6.45) is 0. The van der Waals surface area contributed by atoms with Gasteiger partial charge in [-0.05, 0) is 17.3 Å². The lowest BCUT2D eigenvalue weighted by molar-refractivity contribution is 0.629. The highest BCUT2D eigenvalue weighted by Crippen LogP contribution is 1.98. The van der Waals surface area contributed by atoms with Gasteiger partial charge in [0.25, 0.3) is 0 Å². The van der Waals surface area contributed by atoms with E-state index in [1.54, 1.807) is 12.1 Å². The normalized spacial score (nSPS) is 10.7. The van der Waals surface area contributed by atoms with Gasteiger partial charge in [0.15, 0.2) is 0 Å². The van der Waals surface area contributed by atoms with Gasteiger partial charge in [-0.1, -0.05) is 83.2 Å². The molecule has 0 atom stereocenters. The van der Waals surface area contributed by atoms with E-state index in [-0.39, 0.29) is 5.82 Å². The Morgan fingerprint density at radius 1 is 0.550 bits per heavy atom. The van der Waals surface area contributed by atoms with E-state index in [1.165, 1.54) is 16.4 Å². The molecule has 0 saturated carbocycles. The molecule has 0 saturated heterocycles. The van der Waals surface area contributed by atoms with Gasteiger partial charge in [-0.3, -0.25) is 0 Å². The van der Waals surface area contributed by atoms with Crippen molar-refractivity contribution in [2.45, 2.75) is 0 Å². The topological polar surface area (TPSA) is 0 Å². The smallest absolute Gasteiger partial charge is 0.133 e. The molecule has 0 N–H and O–H groups in total. The Hall–Kier alpha value is -2.19. The summed E-state index contributed by atoms with van der Waals surface area (Å²) >= 11 is 0. The first-order chi connectivity index (χ1) is 9.84. The third-order valence-electron chi connectivity index (χ3n) is 3.45. The first-order valence-corrected chi connectivity index (χ1v) is 8.43. The number of halogens is 1. The number of hydrogen-bond acceptors (Lipinski definition) is 0. The van der Waals surface area contributed by atoms with E-state index < -0.39 is 8.80 Å². The van der Waals surface area contributed by atoms with E-state index in [1.807, 2.05) is 18.2 Å². The van der Waals surface area contributed by atoms with Crippen molar-refractivity contribution in [2.75, 3.05) is 0 Å². The molecule has 0 radical (unpaired) electrons. The quantitative estimate of drug-likeness (QED) is 0.508. The molecule has 0 aliphatic rings. The van der Waals surface area contributed by atoms with Crippen molar-refractivity contribution in [1.82, 2.24) is 0 Å². The van der Waals surface area contributed by atoms with Crippen LogP contribution in [0, 0.1) is 5.82 Å². The molecule has 0 bridgehead atoms. The van der Waals surface area contributed by atoms with Gasteiger partial charge >= 0.3 is 0 Å². The summed E-state index contributed by atoms with van der Waals surface area (Å²) in [6, 6.07) is 27.9. The van der Waals surface area contributed by atoms with E-state index in [4.69, 9.17) is 0 Å². The fraction of sp³-hybridized carbons (Fsp3) is 0. The van der Waals surface area contributed by atoms with Crippen molar-refractivity contribution in [3.05, 3.63) is 90.7 Å². The molecule has 2 heteroatoms. The molecule has 98 valence electrons. The summed E-state index contributed by atoms with van der Waals surface area (Å²) in [5, 5.41) is 3.73.